The van der Waals surface area contributed by atoms with Crippen LogP contribution in [0, 0.1) is 0 Å². The largest absolute Gasteiger partial charge is 0.496 e. The minimum atomic E-state index is -0.488. The maximum atomic E-state index is 11.5. The highest BCUT2D eigenvalue weighted by molar-refractivity contribution is 7.22. The smallest absolute Gasteiger partial charge is 0.248 e. The Morgan fingerprint density at radius 3 is 2.66 bits per heavy atom. The molecule has 0 radical (unpaired) electrons. The fraction of sp³-hybridized carbons (Fsp3) is 0.136. The van der Waals surface area contributed by atoms with Crippen molar-refractivity contribution in [2.24, 2.45) is 5.73 Å². The number of nitrogens with one attached hydrogen (secondary N) is 1. The molecule has 1 amide bonds. The lowest BCUT2D eigenvalue weighted by Gasteiger charge is -2.15. The molecular formula is C22H20N4O2S. The first-order chi connectivity index (χ1) is 14.1. The molecule has 29 heavy (non-hydrogen) atoms. The second-order valence-corrected chi connectivity index (χ2v) is 7.64. The molecule has 0 fully saturated rings. The second kappa shape index (κ2) is 7.89. The van der Waals surface area contributed by atoms with Crippen molar-refractivity contribution in [1.29, 1.82) is 0 Å². The molecule has 0 bridgehead atoms. The molecule has 3 N–H and O–H groups in total. The van der Waals surface area contributed by atoms with Gasteiger partial charge in [0.1, 0.15) is 22.7 Å². The highest BCUT2D eigenvalue weighted by Crippen LogP contribution is 2.40. The van der Waals surface area contributed by atoms with E-state index >= 15 is 0 Å². The predicted octanol–water partition coefficient (Wildman–Crippen LogP) is 4.64. The van der Waals surface area contributed by atoms with Gasteiger partial charge in [0.05, 0.1) is 12.5 Å². The summed E-state index contributed by atoms with van der Waals surface area (Å²) in [4.78, 5) is 22.2. The summed E-state index contributed by atoms with van der Waals surface area (Å²) < 4.78 is 5.49. The molecule has 0 saturated carbocycles. The van der Waals surface area contributed by atoms with Gasteiger partial charge in [-0.3, -0.25) is 4.79 Å². The number of carbonyl (C=O) groups is 1. The summed E-state index contributed by atoms with van der Waals surface area (Å²) in [5.74, 6) is 0.882. The summed E-state index contributed by atoms with van der Waals surface area (Å²) in [5.41, 5.74) is 7.85. The molecule has 0 aliphatic carbocycles. The van der Waals surface area contributed by atoms with E-state index in [1.54, 1.807) is 36.9 Å². The molecule has 2 aromatic heterocycles. The van der Waals surface area contributed by atoms with Gasteiger partial charge < -0.3 is 15.8 Å². The van der Waals surface area contributed by atoms with E-state index in [9.17, 15) is 4.79 Å². The Morgan fingerprint density at radius 1 is 1.14 bits per heavy atom. The number of carbonyl (C=O) groups excluding carboxylic acids is 1. The highest BCUT2D eigenvalue weighted by Gasteiger charge is 2.16. The first-order valence-corrected chi connectivity index (χ1v) is 9.92. The molecule has 1 atom stereocenters. The molecule has 146 valence electrons. The molecule has 0 unspecified atom stereocenters. The predicted molar refractivity (Wildman–Crippen MR) is 116 cm³/mol. The van der Waals surface area contributed by atoms with Crippen LogP contribution in [0.3, 0.4) is 0 Å². The third kappa shape index (κ3) is 3.77. The van der Waals surface area contributed by atoms with E-state index in [0.717, 1.165) is 26.5 Å². The molecule has 0 saturated heterocycles. The van der Waals surface area contributed by atoms with Crippen LogP contribution in [-0.2, 0) is 0 Å². The average molecular weight is 404 g/mol. The highest BCUT2D eigenvalue weighted by atomic mass is 32.1. The zero-order valence-corrected chi connectivity index (χ0v) is 16.9. The molecule has 4 rings (SSSR count). The lowest BCUT2D eigenvalue weighted by Crippen LogP contribution is -2.10. The topological polar surface area (TPSA) is 90.1 Å². The van der Waals surface area contributed by atoms with Crippen LogP contribution in [0.5, 0.6) is 5.75 Å². The minimum Gasteiger partial charge on any atom is -0.496 e. The SMILES string of the molecule is COc1cc(C(N)=O)ccc1-c1cc2c(N[C@H](C)c3ccccc3)ncnc2s1. The minimum absolute atomic E-state index is 0.0991. The quantitative estimate of drug-likeness (QED) is 0.489. The van der Waals surface area contributed by atoms with Gasteiger partial charge in [0, 0.05) is 22.0 Å². The van der Waals surface area contributed by atoms with Crippen LogP contribution in [0.25, 0.3) is 20.7 Å². The Bertz CT molecular complexity index is 1170. The second-order valence-electron chi connectivity index (χ2n) is 6.61. The first kappa shape index (κ1) is 18.9. The number of amides is 1. The number of rotatable bonds is 6. The Hall–Kier alpha value is -3.45. The Labute approximate surface area is 172 Å². The van der Waals surface area contributed by atoms with Crippen molar-refractivity contribution in [1.82, 2.24) is 9.97 Å². The number of primary amides is 1. The maximum Gasteiger partial charge on any atom is 0.248 e. The number of hydrogen-bond donors (Lipinski definition) is 2. The Balaban J connectivity index is 1.72. The summed E-state index contributed by atoms with van der Waals surface area (Å²) in [7, 11) is 1.57. The molecule has 2 heterocycles. The summed E-state index contributed by atoms with van der Waals surface area (Å²) in [6, 6.07) is 17.6. The fourth-order valence-electron chi connectivity index (χ4n) is 3.18. The Morgan fingerprint density at radius 2 is 1.93 bits per heavy atom. The molecule has 0 spiro atoms. The van der Waals surface area contributed by atoms with E-state index in [1.807, 2.05) is 30.3 Å². The van der Waals surface area contributed by atoms with E-state index in [1.165, 1.54) is 5.56 Å². The molecule has 2 aromatic carbocycles. The van der Waals surface area contributed by atoms with Gasteiger partial charge in [-0.05, 0) is 36.8 Å². The molecule has 0 aliphatic heterocycles. The maximum absolute atomic E-state index is 11.5. The van der Waals surface area contributed by atoms with Crippen LogP contribution in [-0.4, -0.2) is 23.0 Å². The van der Waals surface area contributed by atoms with E-state index in [4.69, 9.17) is 10.5 Å². The van der Waals surface area contributed by atoms with Crippen LogP contribution in [0.2, 0.25) is 0 Å². The van der Waals surface area contributed by atoms with Gasteiger partial charge in [-0.2, -0.15) is 0 Å². The van der Waals surface area contributed by atoms with E-state index in [-0.39, 0.29) is 6.04 Å². The number of hydrogen-bond acceptors (Lipinski definition) is 6. The van der Waals surface area contributed by atoms with Gasteiger partial charge in [-0.15, -0.1) is 11.3 Å². The van der Waals surface area contributed by atoms with Crippen LogP contribution >= 0.6 is 11.3 Å². The molecule has 4 aromatic rings. The number of nitrogens with two attached hydrogens (primary N) is 1. The molecule has 6 nitrogen and oxygen atoms in total. The van der Waals surface area contributed by atoms with Gasteiger partial charge in [0.15, 0.2) is 0 Å². The number of benzene rings is 2. The standard InChI is InChI=1S/C22H20N4O2S/c1-13(14-6-4-3-5-7-14)26-21-17-11-19(29-22(17)25-12-24-21)16-9-8-15(20(23)27)10-18(16)28-2/h3-13H,1-2H3,(H2,23,27)(H,24,25,26)/t13-/m1/s1. The van der Waals surface area contributed by atoms with E-state index in [0.29, 0.717) is 11.3 Å². The van der Waals surface area contributed by atoms with Crippen molar-refractivity contribution in [3.63, 3.8) is 0 Å². The van der Waals surface area contributed by atoms with Crippen LogP contribution in [0.15, 0.2) is 60.9 Å². The van der Waals surface area contributed by atoms with Crippen molar-refractivity contribution < 1.29 is 9.53 Å². The van der Waals surface area contributed by atoms with Gasteiger partial charge in [0.2, 0.25) is 5.91 Å². The van der Waals surface area contributed by atoms with Crippen molar-refractivity contribution in [3.05, 3.63) is 72.1 Å². The lowest BCUT2D eigenvalue weighted by atomic mass is 10.1. The summed E-state index contributed by atoms with van der Waals surface area (Å²) in [6.07, 6.45) is 1.57. The van der Waals surface area contributed by atoms with Crippen molar-refractivity contribution >= 4 is 33.3 Å². The van der Waals surface area contributed by atoms with Gasteiger partial charge in [0.25, 0.3) is 0 Å². The number of aromatic nitrogens is 2. The van der Waals surface area contributed by atoms with Crippen LogP contribution < -0.4 is 15.8 Å². The fourth-order valence-corrected chi connectivity index (χ4v) is 4.21. The summed E-state index contributed by atoms with van der Waals surface area (Å²) in [5, 5.41) is 4.42. The monoisotopic (exact) mass is 404 g/mol. The van der Waals surface area contributed by atoms with Crippen LogP contribution in [0.4, 0.5) is 5.82 Å². The number of methoxy groups -OCH3 is 1. The van der Waals surface area contributed by atoms with Crippen molar-refractivity contribution in [2.75, 3.05) is 12.4 Å². The summed E-state index contributed by atoms with van der Waals surface area (Å²) >= 11 is 1.54. The first-order valence-electron chi connectivity index (χ1n) is 9.11. The molecule has 0 aliphatic rings. The van der Waals surface area contributed by atoms with Gasteiger partial charge >= 0.3 is 0 Å². The van der Waals surface area contributed by atoms with Crippen LogP contribution in [0.1, 0.15) is 28.9 Å². The molecular weight excluding hydrogens is 384 g/mol. The number of thiophene rings is 1. The number of ether oxygens (including phenoxy) is 1. The van der Waals surface area contributed by atoms with Gasteiger partial charge in [-0.1, -0.05) is 30.3 Å². The third-order valence-electron chi connectivity index (χ3n) is 4.73. The number of anilines is 1. The van der Waals surface area contributed by atoms with Crippen molar-refractivity contribution in [3.8, 4) is 16.2 Å². The normalized spacial score (nSPS) is 11.9. The summed E-state index contributed by atoms with van der Waals surface area (Å²) in [6.45, 7) is 2.10. The zero-order chi connectivity index (χ0) is 20.4. The lowest BCUT2D eigenvalue weighted by molar-refractivity contribution is 0.1000. The zero-order valence-electron chi connectivity index (χ0n) is 16.0. The average Bonchev–Trinajstić information content (AvgIpc) is 3.19. The number of nitrogens with zero attached hydrogens (tertiary/aromatic N) is 2. The third-order valence-corrected chi connectivity index (χ3v) is 5.81. The van der Waals surface area contributed by atoms with E-state index in [2.05, 4.69) is 34.3 Å². The van der Waals surface area contributed by atoms with Gasteiger partial charge in [-0.25, -0.2) is 9.97 Å². The number of fused-ring (bicyclic) bond motifs is 1. The van der Waals surface area contributed by atoms with Crippen molar-refractivity contribution in [2.45, 2.75) is 13.0 Å². The Kier molecular flexibility index (Phi) is 5.14. The molecule has 7 heteroatoms. The van der Waals surface area contributed by atoms with E-state index < -0.39 is 5.91 Å².